The standard InChI is InChI=1S/C24H33INO6PS/c1-7-31-33(32-8-2)24(5,15-26)13-16(3)9-10-18-21(28-6)17(4)19-14-30-23(27)20(19)22(18)29-11-12-34-25/h9H,7-8,10-14H2,1-6H3/b16-9+. The molecule has 1 heterocycles. The largest absolute Gasteiger partial charge is 0.496 e. The van der Waals surface area contributed by atoms with Gasteiger partial charge in [0.05, 0.1) is 33.0 Å². The van der Waals surface area contributed by atoms with Crippen LogP contribution in [0.25, 0.3) is 0 Å². The lowest BCUT2D eigenvalue weighted by molar-refractivity contribution is 0.0532. The molecular weight excluding hydrogens is 588 g/mol. The van der Waals surface area contributed by atoms with Crippen LogP contribution in [-0.4, -0.2) is 43.8 Å². The van der Waals surface area contributed by atoms with Gasteiger partial charge in [-0.25, -0.2) is 4.79 Å². The molecule has 2 rings (SSSR count). The fraction of sp³-hybridized carbons (Fsp3) is 0.583. The van der Waals surface area contributed by atoms with Gasteiger partial charge >= 0.3 is 5.97 Å². The lowest BCUT2D eigenvalue weighted by atomic mass is 9.94. The Morgan fingerprint density at radius 3 is 2.56 bits per heavy atom. The summed E-state index contributed by atoms with van der Waals surface area (Å²) in [6, 6.07) is 2.42. The number of cyclic esters (lactones) is 1. The molecule has 7 nitrogen and oxygen atoms in total. The van der Waals surface area contributed by atoms with Crippen molar-refractivity contribution in [1.29, 1.82) is 5.26 Å². The van der Waals surface area contributed by atoms with E-state index in [2.05, 4.69) is 33.4 Å². The van der Waals surface area contributed by atoms with Gasteiger partial charge in [0.15, 0.2) is 8.38 Å². The average Bonchev–Trinajstić information content (AvgIpc) is 3.20. The smallest absolute Gasteiger partial charge is 0.342 e. The maximum absolute atomic E-state index is 12.6. The fourth-order valence-electron chi connectivity index (χ4n) is 3.94. The van der Waals surface area contributed by atoms with Gasteiger partial charge < -0.3 is 23.3 Å². The molecule has 34 heavy (non-hydrogen) atoms. The fourth-order valence-corrected chi connectivity index (χ4v) is 6.20. The molecule has 0 saturated carbocycles. The summed E-state index contributed by atoms with van der Waals surface area (Å²) in [6.07, 6.45) is 3.06. The van der Waals surface area contributed by atoms with E-state index in [1.54, 1.807) is 16.0 Å². The molecule has 188 valence electrons. The molecule has 0 aromatic heterocycles. The van der Waals surface area contributed by atoms with Gasteiger partial charge in [-0.2, -0.15) is 5.26 Å². The Morgan fingerprint density at radius 2 is 2.00 bits per heavy atom. The highest BCUT2D eigenvalue weighted by Crippen LogP contribution is 2.54. The van der Waals surface area contributed by atoms with E-state index in [1.165, 1.54) is 0 Å². The maximum Gasteiger partial charge on any atom is 0.342 e. The van der Waals surface area contributed by atoms with Crippen LogP contribution in [0.3, 0.4) is 0 Å². The van der Waals surface area contributed by atoms with Crippen LogP contribution in [0.4, 0.5) is 0 Å². The van der Waals surface area contributed by atoms with Crippen molar-refractivity contribution in [2.75, 3.05) is 32.7 Å². The first-order valence-corrected chi connectivity index (χ1v) is 15.9. The Balaban J connectivity index is 2.43. The number of nitriles is 1. The van der Waals surface area contributed by atoms with E-state index in [4.69, 9.17) is 23.3 Å². The van der Waals surface area contributed by atoms with Crippen molar-refractivity contribution in [3.63, 3.8) is 0 Å². The molecule has 0 N–H and O–H groups in total. The number of hydrogen-bond donors (Lipinski definition) is 0. The van der Waals surface area contributed by atoms with Gasteiger partial charge in [0.2, 0.25) is 0 Å². The van der Waals surface area contributed by atoms with Crippen molar-refractivity contribution in [1.82, 2.24) is 0 Å². The first-order chi connectivity index (χ1) is 16.3. The lowest BCUT2D eigenvalue weighted by Crippen LogP contribution is -2.23. The number of ether oxygens (including phenoxy) is 3. The number of fused-ring (bicyclic) bond motifs is 1. The number of rotatable bonds is 14. The van der Waals surface area contributed by atoms with E-state index in [1.807, 2.05) is 34.6 Å². The highest BCUT2D eigenvalue weighted by Gasteiger charge is 2.38. The molecule has 1 aromatic rings. The minimum atomic E-state index is -1.36. The van der Waals surface area contributed by atoms with Crippen molar-refractivity contribution in [3.8, 4) is 17.6 Å². The molecule has 1 unspecified atom stereocenters. The molecule has 0 bridgehead atoms. The van der Waals surface area contributed by atoms with Crippen LogP contribution in [0.5, 0.6) is 11.5 Å². The van der Waals surface area contributed by atoms with E-state index in [0.29, 0.717) is 49.7 Å². The van der Waals surface area contributed by atoms with Crippen LogP contribution in [0.1, 0.15) is 61.2 Å². The van der Waals surface area contributed by atoms with Crippen molar-refractivity contribution in [2.45, 2.75) is 59.2 Å². The zero-order valence-electron chi connectivity index (χ0n) is 20.7. The van der Waals surface area contributed by atoms with Crippen molar-refractivity contribution >= 4 is 44.5 Å². The Labute approximate surface area is 220 Å². The Hall–Kier alpha value is -1.05. The molecule has 10 heteroatoms. The zero-order chi connectivity index (χ0) is 25.3. The van der Waals surface area contributed by atoms with Crippen molar-refractivity contribution in [3.05, 3.63) is 33.9 Å². The molecule has 0 spiro atoms. The second-order valence-electron chi connectivity index (χ2n) is 7.97. The third-order valence-electron chi connectivity index (χ3n) is 5.45. The number of hydrogen-bond acceptors (Lipinski definition) is 8. The molecule has 0 fully saturated rings. The number of nitrogens with zero attached hydrogens (tertiary/aromatic N) is 1. The molecule has 0 radical (unpaired) electrons. The van der Waals surface area contributed by atoms with Crippen LogP contribution in [0.2, 0.25) is 0 Å². The first-order valence-electron chi connectivity index (χ1n) is 11.2. The van der Waals surface area contributed by atoms with Crippen LogP contribution in [0, 0.1) is 18.3 Å². The van der Waals surface area contributed by atoms with Gasteiger partial charge in [0, 0.05) is 16.9 Å². The summed E-state index contributed by atoms with van der Waals surface area (Å²) in [4.78, 5) is 12.6. The number of esters is 1. The Morgan fingerprint density at radius 1 is 1.32 bits per heavy atom. The lowest BCUT2D eigenvalue weighted by Gasteiger charge is -2.30. The summed E-state index contributed by atoms with van der Waals surface area (Å²) in [5.74, 6) is 1.65. The van der Waals surface area contributed by atoms with Crippen LogP contribution >= 0.6 is 38.5 Å². The van der Waals surface area contributed by atoms with E-state index in [9.17, 15) is 10.1 Å². The first kappa shape index (κ1) is 29.2. The predicted octanol–water partition coefficient (Wildman–Crippen LogP) is 6.68. The van der Waals surface area contributed by atoms with Gasteiger partial charge in [-0.05, 0) is 74.2 Å². The van der Waals surface area contributed by atoms with Crippen molar-refractivity contribution < 1.29 is 28.1 Å². The molecule has 1 aliphatic heterocycles. The topological polar surface area (TPSA) is 87.0 Å². The summed E-state index contributed by atoms with van der Waals surface area (Å²) in [6.45, 7) is 11.3. The third kappa shape index (κ3) is 6.79. The third-order valence-corrected chi connectivity index (χ3v) is 9.14. The van der Waals surface area contributed by atoms with E-state index < -0.39 is 13.5 Å². The van der Waals surface area contributed by atoms with Crippen LogP contribution < -0.4 is 9.47 Å². The van der Waals surface area contributed by atoms with Gasteiger partial charge in [-0.1, -0.05) is 20.6 Å². The van der Waals surface area contributed by atoms with Crippen molar-refractivity contribution in [2.24, 2.45) is 0 Å². The molecule has 0 saturated heterocycles. The normalized spacial score (nSPS) is 15.0. The summed E-state index contributed by atoms with van der Waals surface area (Å²) < 4.78 is 28.8. The Bertz CT molecular complexity index is 945. The summed E-state index contributed by atoms with van der Waals surface area (Å²) in [5, 5.41) is 9.17. The number of carbonyl (C=O) groups is 1. The monoisotopic (exact) mass is 621 g/mol. The van der Waals surface area contributed by atoms with Crippen LogP contribution in [-0.2, 0) is 26.8 Å². The second kappa shape index (κ2) is 13.9. The molecule has 0 amide bonds. The van der Waals surface area contributed by atoms with Gasteiger partial charge in [-0.15, -0.1) is 0 Å². The highest BCUT2D eigenvalue weighted by molar-refractivity contribution is 14.2. The van der Waals surface area contributed by atoms with Gasteiger partial charge in [0.25, 0.3) is 0 Å². The second-order valence-corrected chi connectivity index (χ2v) is 12.5. The predicted molar refractivity (Wildman–Crippen MR) is 145 cm³/mol. The minimum Gasteiger partial charge on any atom is -0.496 e. The van der Waals surface area contributed by atoms with Gasteiger partial charge in [0.1, 0.15) is 28.8 Å². The number of allylic oxidation sites excluding steroid dienone is 2. The molecule has 0 aliphatic carbocycles. The molecule has 1 aromatic carbocycles. The van der Waals surface area contributed by atoms with E-state index >= 15 is 0 Å². The number of carbonyl (C=O) groups excluding carboxylic acids is 1. The summed E-state index contributed by atoms with van der Waals surface area (Å²) in [7, 11) is 1.91. The summed E-state index contributed by atoms with van der Waals surface area (Å²) in [5.41, 5.74) is 4.03. The number of halogens is 1. The molecular formula is C24H33INO6PS. The summed E-state index contributed by atoms with van der Waals surface area (Å²) >= 11 is 2.22. The quantitative estimate of drug-likeness (QED) is 0.0748. The highest BCUT2D eigenvalue weighted by atomic mass is 127. The van der Waals surface area contributed by atoms with Gasteiger partial charge in [-0.3, -0.25) is 0 Å². The van der Waals surface area contributed by atoms with E-state index in [0.717, 1.165) is 28.0 Å². The van der Waals surface area contributed by atoms with E-state index in [-0.39, 0.29) is 12.6 Å². The SMILES string of the molecule is CCOP(OCC)C(C)(C#N)C/C(C)=C/Cc1c(OC)c(C)c2c(c1OCCSI)C(=O)OC2. The van der Waals surface area contributed by atoms with Crippen LogP contribution in [0.15, 0.2) is 11.6 Å². The molecule has 1 atom stereocenters. The zero-order valence-corrected chi connectivity index (χ0v) is 24.5. The average molecular weight is 621 g/mol. The minimum absolute atomic E-state index is 0.224. The number of benzene rings is 1. The Kier molecular flexibility index (Phi) is 11.9. The maximum atomic E-state index is 12.6. The number of methoxy groups -OCH3 is 1. The molecule has 1 aliphatic rings.